The van der Waals surface area contributed by atoms with E-state index in [1.165, 1.54) is 12.1 Å². The van der Waals surface area contributed by atoms with Crippen molar-refractivity contribution in [2.45, 2.75) is 25.7 Å². The number of benzene rings is 1. The Bertz CT molecular complexity index is 550. The van der Waals surface area contributed by atoms with Gasteiger partial charge in [-0.25, -0.2) is 0 Å². The molecule has 0 amide bonds. The first kappa shape index (κ1) is 15.8. The highest BCUT2D eigenvalue weighted by atomic mass is 79.9. The molecule has 0 radical (unpaired) electrons. The van der Waals surface area contributed by atoms with E-state index in [0.29, 0.717) is 16.8 Å². The zero-order valence-electron chi connectivity index (χ0n) is 11.5. The third kappa shape index (κ3) is 4.17. The normalized spacial score (nSPS) is 18.5. The van der Waals surface area contributed by atoms with Crippen LogP contribution in [-0.4, -0.2) is 29.1 Å². The van der Waals surface area contributed by atoms with Crippen molar-refractivity contribution < 1.29 is 14.8 Å². The topological polar surface area (TPSA) is 83.7 Å². The van der Waals surface area contributed by atoms with Crippen molar-refractivity contribution in [1.82, 2.24) is 0 Å². The van der Waals surface area contributed by atoms with Gasteiger partial charge in [0.25, 0.3) is 5.69 Å². The molecule has 0 saturated carbocycles. The second-order valence-corrected chi connectivity index (χ2v) is 6.13. The molecule has 1 aromatic rings. The number of non-ortho nitro benzene ring substituents is 1. The first-order valence-electron chi connectivity index (χ1n) is 6.88. The number of aliphatic carboxylic acids is 1. The number of carboxylic acid groups (broad SMARTS) is 1. The van der Waals surface area contributed by atoms with E-state index < -0.39 is 10.9 Å². The molecule has 1 aromatic carbocycles. The molecule has 0 aromatic heterocycles. The van der Waals surface area contributed by atoms with Crippen LogP contribution in [-0.2, 0) is 4.79 Å². The molecular weight excluding hydrogens is 340 g/mol. The van der Waals surface area contributed by atoms with Gasteiger partial charge >= 0.3 is 5.97 Å². The zero-order valence-corrected chi connectivity index (χ0v) is 13.1. The van der Waals surface area contributed by atoms with E-state index in [0.717, 1.165) is 31.6 Å². The van der Waals surface area contributed by atoms with Gasteiger partial charge in [0, 0.05) is 36.1 Å². The van der Waals surface area contributed by atoms with Crippen LogP contribution in [0.15, 0.2) is 22.7 Å². The van der Waals surface area contributed by atoms with Gasteiger partial charge in [-0.2, -0.15) is 0 Å². The molecule has 1 saturated heterocycles. The predicted molar refractivity (Wildman–Crippen MR) is 82.6 cm³/mol. The Balaban J connectivity index is 2.07. The molecule has 1 N–H and O–H groups in total. The number of anilines is 1. The van der Waals surface area contributed by atoms with Crippen molar-refractivity contribution in [2.75, 3.05) is 18.0 Å². The van der Waals surface area contributed by atoms with Crippen molar-refractivity contribution in [3.05, 3.63) is 32.8 Å². The lowest BCUT2D eigenvalue weighted by Crippen LogP contribution is -2.35. The molecule has 6 nitrogen and oxygen atoms in total. The minimum absolute atomic E-state index is 0.0602. The Morgan fingerprint density at radius 3 is 2.90 bits per heavy atom. The number of halogens is 1. The molecule has 2 rings (SSSR count). The molecule has 1 aliphatic heterocycles. The number of rotatable bonds is 5. The van der Waals surface area contributed by atoms with Crippen molar-refractivity contribution in [3.8, 4) is 0 Å². The molecule has 0 bridgehead atoms. The highest BCUT2D eigenvalue weighted by Gasteiger charge is 2.23. The average Bonchev–Trinajstić information content (AvgIpc) is 2.45. The number of nitro benzene ring substituents is 1. The summed E-state index contributed by atoms with van der Waals surface area (Å²) >= 11 is 3.39. The fourth-order valence-corrected chi connectivity index (χ4v) is 3.33. The summed E-state index contributed by atoms with van der Waals surface area (Å²) in [5.74, 6) is -0.402. The third-order valence-corrected chi connectivity index (χ3v) is 4.40. The predicted octanol–water partition coefficient (Wildman–Crippen LogP) is 3.44. The maximum atomic E-state index is 10.8. The molecule has 1 heterocycles. The summed E-state index contributed by atoms with van der Waals surface area (Å²) in [5, 5.41) is 19.5. The molecule has 7 heteroatoms. The first-order chi connectivity index (χ1) is 9.97. The number of carbonyl (C=O) groups is 1. The van der Waals surface area contributed by atoms with E-state index in [-0.39, 0.29) is 12.1 Å². The highest BCUT2D eigenvalue weighted by Crippen LogP contribution is 2.33. The van der Waals surface area contributed by atoms with Crippen LogP contribution in [0.4, 0.5) is 11.4 Å². The molecule has 1 aliphatic rings. The SMILES string of the molecule is O=C(O)CCC1CCCN(c2ccc([N+](=O)[O-])cc2Br)C1. The smallest absolute Gasteiger partial charge is 0.303 e. The molecule has 21 heavy (non-hydrogen) atoms. The second-order valence-electron chi connectivity index (χ2n) is 5.28. The van der Waals surface area contributed by atoms with Crippen molar-refractivity contribution in [3.63, 3.8) is 0 Å². The lowest BCUT2D eigenvalue weighted by atomic mass is 9.93. The van der Waals surface area contributed by atoms with Gasteiger partial charge in [0.2, 0.25) is 0 Å². The molecule has 1 fully saturated rings. The number of piperidine rings is 1. The van der Waals surface area contributed by atoms with Crippen LogP contribution in [0.25, 0.3) is 0 Å². The molecule has 1 unspecified atom stereocenters. The number of hydrogen-bond acceptors (Lipinski definition) is 4. The molecule has 114 valence electrons. The number of nitrogens with zero attached hydrogens (tertiary/aromatic N) is 2. The van der Waals surface area contributed by atoms with E-state index in [9.17, 15) is 14.9 Å². The minimum Gasteiger partial charge on any atom is -0.481 e. The number of hydrogen-bond donors (Lipinski definition) is 1. The number of nitro groups is 1. The van der Waals surface area contributed by atoms with Crippen molar-refractivity contribution in [2.24, 2.45) is 5.92 Å². The monoisotopic (exact) mass is 356 g/mol. The Hall–Kier alpha value is -1.63. The van der Waals surface area contributed by atoms with Crippen molar-refractivity contribution >= 4 is 33.3 Å². The largest absolute Gasteiger partial charge is 0.481 e. The summed E-state index contributed by atoms with van der Waals surface area (Å²) in [6.45, 7) is 1.68. The van der Waals surface area contributed by atoms with Gasteiger partial charge in [-0.15, -0.1) is 0 Å². The van der Waals surface area contributed by atoms with Gasteiger partial charge < -0.3 is 10.0 Å². The van der Waals surface area contributed by atoms with Gasteiger partial charge in [0.05, 0.1) is 10.6 Å². The van der Waals surface area contributed by atoms with Crippen LogP contribution >= 0.6 is 15.9 Å². The molecular formula is C14H17BrN2O4. The lowest BCUT2D eigenvalue weighted by Gasteiger charge is -2.34. The molecule has 0 aliphatic carbocycles. The summed E-state index contributed by atoms with van der Waals surface area (Å²) in [5.41, 5.74) is 0.991. The fourth-order valence-electron chi connectivity index (χ4n) is 2.71. The summed E-state index contributed by atoms with van der Waals surface area (Å²) in [7, 11) is 0. The van der Waals surface area contributed by atoms with E-state index in [1.807, 2.05) is 0 Å². The van der Waals surface area contributed by atoms with E-state index in [1.54, 1.807) is 6.07 Å². The summed E-state index contributed by atoms with van der Waals surface area (Å²) in [4.78, 5) is 23.2. The first-order valence-corrected chi connectivity index (χ1v) is 7.67. The van der Waals surface area contributed by atoms with Crippen LogP contribution < -0.4 is 4.90 Å². The molecule has 0 spiro atoms. The third-order valence-electron chi connectivity index (χ3n) is 3.77. The Morgan fingerprint density at radius 1 is 1.52 bits per heavy atom. The Kier molecular flexibility index (Phi) is 5.17. The standard InChI is InChI=1S/C14H17BrN2O4/c15-12-8-11(17(20)21)4-5-13(12)16-7-1-2-10(9-16)3-6-14(18)19/h4-5,8,10H,1-3,6-7,9H2,(H,18,19). The summed E-state index contributed by atoms with van der Waals surface area (Å²) in [6, 6.07) is 4.76. The second kappa shape index (κ2) is 6.89. The highest BCUT2D eigenvalue weighted by molar-refractivity contribution is 9.10. The van der Waals surface area contributed by atoms with E-state index >= 15 is 0 Å². The zero-order chi connectivity index (χ0) is 15.4. The minimum atomic E-state index is -0.761. The van der Waals surface area contributed by atoms with Gasteiger partial charge in [0.15, 0.2) is 0 Å². The van der Waals surface area contributed by atoms with Crippen LogP contribution in [0.3, 0.4) is 0 Å². The van der Waals surface area contributed by atoms with E-state index in [2.05, 4.69) is 20.8 Å². The summed E-state index contributed by atoms with van der Waals surface area (Å²) < 4.78 is 0.704. The van der Waals surface area contributed by atoms with Gasteiger partial charge in [-0.05, 0) is 47.2 Å². The lowest BCUT2D eigenvalue weighted by molar-refractivity contribution is -0.384. The van der Waals surface area contributed by atoms with Crippen molar-refractivity contribution in [1.29, 1.82) is 0 Å². The van der Waals surface area contributed by atoms with Gasteiger partial charge in [0.1, 0.15) is 0 Å². The summed E-state index contributed by atoms with van der Waals surface area (Å²) in [6.07, 6.45) is 2.92. The van der Waals surface area contributed by atoms with Crippen LogP contribution in [0.2, 0.25) is 0 Å². The Labute approximate surface area is 131 Å². The Morgan fingerprint density at radius 2 is 2.29 bits per heavy atom. The van der Waals surface area contributed by atoms with Crippen LogP contribution in [0.5, 0.6) is 0 Å². The maximum Gasteiger partial charge on any atom is 0.303 e. The molecule has 1 atom stereocenters. The van der Waals surface area contributed by atoms with Crippen LogP contribution in [0.1, 0.15) is 25.7 Å². The maximum absolute atomic E-state index is 10.8. The van der Waals surface area contributed by atoms with E-state index in [4.69, 9.17) is 5.11 Å². The fraction of sp³-hybridized carbons (Fsp3) is 0.500. The van der Waals surface area contributed by atoms with Crippen LogP contribution in [0, 0.1) is 16.0 Å². The van der Waals surface area contributed by atoms with Gasteiger partial charge in [-0.3, -0.25) is 14.9 Å². The van der Waals surface area contributed by atoms with Gasteiger partial charge in [-0.1, -0.05) is 0 Å². The quantitative estimate of drug-likeness (QED) is 0.645. The number of carboxylic acids is 1. The average molecular weight is 357 g/mol.